The lowest BCUT2D eigenvalue weighted by atomic mass is 10.1. The molecule has 0 aliphatic heterocycles. The summed E-state index contributed by atoms with van der Waals surface area (Å²) >= 11 is 0. The number of rotatable bonds is 5. The van der Waals surface area contributed by atoms with Crippen LogP contribution in [-0.2, 0) is 9.53 Å². The highest BCUT2D eigenvalue weighted by molar-refractivity contribution is 5.92. The fourth-order valence-corrected chi connectivity index (χ4v) is 2.72. The Morgan fingerprint density at radius 3 is 2.23 bits per heavy atom. The van der Waals surface area contributed by atoms with Gasteiger partial charge in [0.05, 0.1) is 16.9 Å². The second-order valence-electron chi connectivity index (χ2n) is 5.98. The average molecular weight is 349 g/mol. The quantitative estimate of drug-likeness (QED) is 0.718. The molecule has 0 spiro atoms. The number of nitrogens with zero attached hydrogens (tertiary/aromatic N) is 2. The lowest BCUT2D eigenvalue weighted by molar-refractivity contribution is -0.127. The van der Waals surface area contributed by atoms with Gasteiger partial charge in [-0.1, -0.05) is 30.3 Å². The second-order valence-corrected chi connectivity index (χ2v) is 5.98. The maximum absolute atomic E-state index is 12.4. The molecular weight excluding hydrogens is 330 g/mol. The predicted molar refractivity (Wildman–Crippen MR) is 96.8 cm³/mol. The number of benzene rings is 2. The Morgan fingerprint density at radius 1 is 1.04 bits per heavy atom. The zero-order valence-corrected chi connectivity index (χ0v) is 14.5. The molecule has 26 heavy (non-hydrogen) atoms. The SMILES string of the molecule is Cc1cc(C)n(-c2ccc(C(=O)OC(C(N)=O)c3ccccc3)cc2)n1. The highest BCUT2D eigenvalue weighted by Gasteiger charge is 2.23. The van der Waals surface area contributed by atoms with Gasteiger partial charge < -0.3 is 10.5 Å². The number of carbonyl (C=O) groups excluding carboxylic acids is 2. The summed E-state index contributed by atoms with van der Waals surface area (Å²) in [7, 11) is 0. The van der Waals surface area contributed by atoms with Crippen molar-refractivity contribution in [2.24, 2.45) is 5.73 Å². The number of aromatic nitrogens is 2. The van der Waals surface area contributed by atoms with Gasteiger partial charge in [-0.15, -0.1) is 0 Å². The molecule has 0 aliphatic rings. The van der Waals surface area contributed by atoms with Crippen LogP contribution in [-0.4, -0.2) is 21.7 Å². The van der Waals surface area contributed by atoms with Crippen LogP contribution in [0, 0.1) is 13.8 Å². The Kier molecular flexibility index (Phi) is 4.84. The van der Waals surface area contributed by atoms with E-state index < -0.39 is 18.0 Å². The molecule has 6 heteroatoms. The van der Waals surface area contributed by atoms with E-state index in [1.54, 1.807) is 59.3 Å². The lowest BCUT2D eigenvalue weighted by Gasteiger charge is -2.15. The van der Waals surface area contributed by atoms with E-state index in [0.29, 0.717) is 11.1 Å². The van der Waals surface area contributed by atoms with Gasteiger partial charge in [-0.2, -0.15) is 5.10 Å². The van der Waals surface area contributed by atoms with Crippen LogP contribution in [0.4, 0.5) is 0 Å². The normalized spacial score (nSPS) is 11.8. The van der Waals surface area contributed by atoms with Crippen molar-refractivity contribution in [3.63, 3.8) is 0 Å². The lowest BCUT2D eigenvalue weighted by Crippen LogP contribution is -2.26. The highest BCUT2D eigenvalue weighted by atomic mass is 16.5. The maximum Gasteiger partial charge on any atom is 0.339 e. The summed E-state index contributed by atoms with van der Waals surface area (Å²) in [6, 6.07) is 17.5. The van der Waals surface area contributed by atoms with E-state index in [4.69, 9.17) is 10.5 Å². The first-order chi connectivity index (χ1) is 12.5. The third-order valence-electron chi connectivity index (χ3n) is 3.94. The van der Waals surface area contributed by atoms with Gasteiger partial charge in [0, 0.05) is 11.3 Å². The van der Waals surface area contributed by atoms with Crippen molar-refractivity contribution in [1.82, 2.24) is 9.78 Å². The summed E-state index contributed by atoms with van der Waals surface area (Å²) in [5, 5.41) is 4.41. The predicted octanol–water partition coefficient (Wildman–Crippen LogP) is 2.87. The topological polar surface area (TPSA) is 87.2 Å². The van der Waals surface area contributed by atoms with Crippen LogP contribution in [0.3, 0.4) is 0 Å². The minimum Gasteiger partial charge on any atom is -0.444 e. The number of ether oxygens (including phenoxy) is 1. The number of carbonyl (C=O) groups is 2. The third kappa shape index (κ3) is 3.64. The fourth-order valence-electron chi connectivity index (χ4n) is 2.72. The first kappa shape index (κ1) is 17.4. The number of primary amides is 1. The van der Waals surface area contributed by atoms with Crippen molar-refractivity contribution in [2.75, 3.05) is 0 Å². The van der Waals surface area contributed by atoms with Crippen LogP contribution in [0.1, 0.15) is 33.4 Å². The zero-order valence-electron chi connectivity index (χ0n) is 14.5. The molecule has 1 heterocycles. The molecule has 0 radical (unpaired) electrons. The second kappa shape index (κ2) is 7.23. The van der Waals surface area contributed by atoms with Gasteiger partial charge >= 0.3 is 5.97 Å². The Bertz CT molecular complexity index is 931. The summed E-state index contributed by atoms with van der Waals surface area (Å²) in [6.45, 7) is 3.88. The van der Waals surface area contributed by atoms with Crippen molar-refractivity contribution in [3.05, 3.63) is 83.2 Å². The van der Waals surface area contributed by atoms with Gasteiger partial charge in [-0.3, -0.25) is 4.79 Å². The van der Waals surface area contributed by atoms with E-state index in [-0.39, 0.29) is 0 Å². The number of hydrogen-bond acceptors (Lipinski definition) is 4. The molecule has 1 aromatic heterocycles. The van der Waals surface area contributed by atoms with Gasteiger partial charge in [-0.25, -0.2) is 9.48 Å². The molecule has 3 aromatic rings. The first-order valence-corrected chi connectivity index (χ1v) is 8.14. The Hall–Kier alpha value is -3.41. The van der Waals surface area contributed by atoms with E-state index >= 15 is 0 Å². The Labute approximate surface area is 151 Å². The molecule has 1 atom stereocenters. The number of amides is 1. The van der Waals surface area contributed by atoms with Gasteiger partial charge in [0.2, 0.25) is 6.10 Å². The molecule has 0 fully saturated rings. The van der Waals surface area contributed by atoms with Gasteiger partial charge in [0.15, 0.2) is 0 Å². The molecule has 0 bridgehead atoms. The van der Waals surface area contributed by atoms with Crippen LogP contribution in [0.5, 0.6) is 0 Å². The Morgan fingerprint density at radius 2 is 1.69 bits per heavy atom. The minimum absolute atomic E-state index is 0.331. The maximum atomic E-state index is 12.4. The van der Waals surface area contributed by atoms with Crippen LogP contribution in [0.25, 0.3) is 5.69 Å². The van der Waals surface area contributed by atoms with Crippen molar-refractivity contribution in [3.8, 4) is 5.69 Å². The summed E-state index contributed by atoms with van der Waals surface area (Å²) in [6.07, 6.45) is -1.13. The third-order valence-corrected chi connectivity index (χ3v) is 3.94. The van der Waals surface area contributed by atoms with Crippen LogP contribution < -0.4 is 5.73 Å². The molecule has 0 aliphatic carbocycles. The molecule has 6 nitrogen and oxygen atoms in total. The average Bonchev–Trinajstić information content (AvgIpc) is 2.98. The van der Waals surface area contributed by atoms with Gasteiger partial charge in [-0.05, 0) is 44.2 Å². The van der Waals surface area contributed by atoms with Crippen molar-refractivity contribution >= 4 is 11.9 Å². The van der Waals surface area contributed by atoms with Crippen molar-refractivity contribution in [2.45, 2.75) is 20.0 Å². The van der Waals surface area contributed by atoms with E-state index in [9.17, 15) is 9.59 Å². The molecule has 132 valence electrons. The molecule has 0 saturated heterocycles. The van der Waals surface area contributed by atoms with Gasteiger partial charge in [0.25, 0.3) is 5.91 Å². The zero-order chi connectivity index (χ0) is 18.7. The van der Waals surface area contributed by atoms with E-state index in [2.05, 4.69) is 5.10 Å². The van der Waals surface area contributed by atoms with E-state index in [1.165, 1.54) is 0 Å². The van der Waals surface area contributed by atoms with Gasteiger partial charge in [0.1, 0.15) is 0 Å². The smallest absolute Gasteiger partial charge is 0.339 e. The minimum atomic E-state index is -1.13. The number of nitrogens with two attached hydrogens (primary N) is 1. The molecule has 1 amide bonds. The first-order valence-electron chi connectivity index (χ1n) is 8.14. The molecule has 3 rings (SSSR count). The van der Waals surface area contributed by atoms with E-state index in [0.717, 1.165) is 17.1 Å². The number of hydrogen-bond donors (Lipinski definition) is 1. The highest BCUT2D eigenvalue weighted by Crippen LogP contribution is 2.20. The molecule has 0 saturated carbocycles. The summed E-state index contributed by atoms with van der Waals surface area (Å²) in [5.41, 5.74) is 9.00. The summed E-state index contributed by atoms with van der Waals surface area (Å²) < 4.78 is 7.11. The number of esters is 1. The molecule has 1 unspecified atom stereocenters. The largest absolute Gasteiger partial charge is 0.444 e. The van der Waals surface area contributed by atoms with Crippen molar-refractivity contribution < 1.29 is 14.3 Å². The summed E-state index contributed by atoms with van der Waals surface area (Å²) in [5.74, 6) is -1.33. The molecule has 2 N–H and O–H groups in total. The molecular formula is C20H19N3O3. The number of aryl methyl sites for hydroxylation is 2. The fraction of sp³-hybridized carbons (Fsp3) is 0.150. The van der Waals surface area contributed by atoms with E-state index in [1.807, 2.05) is 19.9 Å². The summed E-state index contributed by atoms with van der Waals surface area (Å²) in [4.78, 5) is 24.1. The van der Waals surface area contributed by atoms with Crippen LogP contribution in [0.15, 0.2) is 60.7 Å². The monoisotopic (exact) mass is 349 g/mol. The van der Waals surface area contributed by atoms with Crippen LogP contribution in [0.2, 0.25) is 0 Å². The Balaban J connectivity index is 1.79. The molecule has 2 aromatic carbocycles. The van der Waals surface area contributed by atoms with Crippen LogP contribution >= 0.6 is 0 Å². The van der Waals surface area contributed by atoms with Crippen molar-refractivity contribution in [1.29, 1.82) is 0 Å². The standard InChI is InChI=1S/C20H19N3O3/c1-13-12-14(2)23(22-13)17-10-8-16(9-11-17)20(25)26-18(19(21)24)15-6-4-3-5-7-15/h3-12,18H,1-2H3,(H2,21,24).